The molecule has 2 rings (SSSR count). The minimum atomic E-state index is 0.818. The lowest BCUT2D eigenvalue weighted by Gasteiger charge is -2.21. The highest BCUT2D eigenvalue weighted by atomic mass is 15.1. The number of aromatic nitrogens is 2. The monoisotopic (exact) mass is 244 g/mol. The molecule has 1 aromatic carbocycles. The number of rotatable bonds is 6. The summed E-state index contributed by atoms with van der Waals surface area (Å²) in [6, 6.07) is 8.69. The smallest absolute Gasteiger partial charge is 0.0726 e. The summed E-state index contributed by atoms with van der Waals surface area (Å²) in [5.41, 5.74) is 3.57. The first-order chi connectivity index (χ1) is 8.83. The maximum Gasteiger partial charge on any atom is 0.0726 e. The molecular formula is C14H20N4. The molecule has 0 aliphatic heterocycles. The molecule has 1 aromatic heterocycles. The summed E-state index contributed by atoms with van der Waals surface area (Å²) >= 11 is 0. The van der Waals surface area contributed by atoms with Gasteiger partial charge in [0.1, 0.15) is 0 Å². The van der Waals surface area contributed by atoms with E-state index in [4.69, 9.17) is 0 Å². The number of H-pyrrole nitrogens is 1. The van der Waals surface area contributed by atoms with Crippen LogP contribution in [0.15, 0.2) is 36.7 Å². The van der Waals surface area contributed by atoms with Gasteiger partial charge in [-0.15, -0.1) is 0 Å². The zero-order valence-electron chi connectivity index (χ0n) is 11.0. The molecule has 0 saturated carbocycles. The number of nitrogens with zero attached hydrogens (tertiary/aromatic N) is 2. The summed E-state index contributed by atoms with van der Waals surface area (Å²) in [5, 5.41) is 10.00. The lowest BCUT2D eigenvalue weighted by atomic mass is 10.2. The van der Waals surface area contributed by atoms with Gasteiger partial charge in [0.25, 0.3) is 0 Å². The molecule has 0 fully saturated rings. The normalized spacial score (nSPS) is 10.3. The van der Waals surface area contributed by atoms with Crippen molar-refractivity contribution in [2.75, 3.05) is 23.3 Å². The van der Waals surface area contributed by atoms with Crippen molar-refractivity contribution in [1.82, 2.24) is 10.2 Å². The van der Waals surface area contributed by atoms with E-state index in [0.717, 1.165) is 25.3 Å². The van der Waals surface area contributed by atoms with Crippen LogP contribution in [0.1, 0.15) is 19.4 Å². The first-order valence-electron chi connectivity index (χ1n) is 6.40. The van der Waals surface area contributed by atoms with E-state index in [-0.39, 0.29) is 0 Å². The Balaban J connectivity index is 1.95. The Kier molecular flexibility index (Phi) is 4.23. The maximum atomic E-state index is 3.90. The van der Waals surface area contributed by atoms with Crippen molar-refractivity contribution in [2.45, 2.75) is 20.4 Å². The van der Waals surface area contributed by atoms with Crippen LogP contribution in [0.2, 0.25) is 0 Å². The molecule has 0 bridgehead atoms. The fourth-order valence-electron chi connectivity index (χ4n) is 1.97. The summed E-state index contributed by atoms with van der Waals surface area (Å²) in [6.45, 7) is 7.26. The SMILES string of the molecule is CCN(CC)c1ccc(CNc2cn[nH]c2)cc1. The molecule has 0 atom stereocenters. The van der Waals surface area contributed by atoms with Crippen molar-refractivity contribution < 1.29 is 0 Å². The molecule has 0 radical (unpaired) electrons. The molecule has 96 valence electrons. The van der Waals surface area contributed by atoms with Crippen LogP contribution in [-0.4, -0.2) is 23.3 Å². The van der Waals surface area contributed by atoms with Crippen LogP contribution in [-0.2, 0) is 6.54 Å². The maximum absolute atomic E-state index is 3.90. The van der Waals surface area contributed by atoms with Gasteiger partial charge in [0.2, 0.25) is 0 Å². The van der Waals surface area contributed by atoms with Crippen LogP contribution in [0, 0.1) is 0 Å². The fraction of sp³-hybridized carbons (Fsp3) is 0.357. The molecule has 18 heavy (non-hydrogen) atoms. The topological polar surface area (TPSA) is 44.0 Å². The Morgan fingerprint density at radius 3 is 2.44 bits per heavy atom. The van der Waals surface area contributed by atoms with E-state index in [1.165, 1.54) is 11.3 Å². The minimum Gasteiger partial charge on any atom is -0.378 e. The quantitative estimate of drug-likeness (QED) is 0.821. The second kappa shape index (κ2) is 6.10. The zero-order valence-corrected chi connectivity index (χ0v) is 11.0. The number of hydrogen-bond donors (Lipinski definition) is 2. The highest BCUT2D eigenvalue weighted by Gasteiger charge is 2.01. The number of aromatic amines is 1. The zero-order chi connectivity index (χ0) is 12.8. The number of anilines is 2. The molecule has 0 spiro atoms. The van der Waals surface area contributed by atoms with Crippen LogP contribution in [0.4, 0.5) is 11.4 Å². The molecule has 0 aliphatic carbocycles. The number of benzene rings is 1. The molecule has 1 heterocycles. The standard InChI is InChI=1S/C14H20N4/c1-3-18(4-2)14-7-5-12(6-8-14)9-15-13-10-16-17-11-13/h5-8,10-11,15H,3-4,9H2,1-2H3,(H,16,17). The van der Waals surface area contributed by atoms with E-state index < -0.39 is 0 Å². The van der Waals surface area contributed by atoms with Crippen molar-refractivity contribution in [3.63, 3.8) is 0 Å². The van der Waals surface area contributed by atoms with Crippen molar-refractivity contribution in [3.05, 3.63) is 42.2 Å². The number of nitrogens with one attached hydrogen (secondary N) is 2. The lowest BCUT2D eigenvalue weighted by Crippen LogP contribution is -2.21. The summed E-state index contributed by atoms with van der Waals surface area (Å²) in [6.07, 6.45) is 3.63. The average Bonchev–Trinajstić information content (AvgIpc) is 2.92. The van der Waals surface area contributed by atoms with Crippen LogP contribution in [0.25, 0.3) is 0 Å². The Hall–Kier alpha value is -1.97. The Labute approximate surface area is 108 Å². The third-order valence-corrected chi connectivity index (χ3v) is 3.06. The summed E-state index contributed by atoms with van der Waals surface area (Å²) in [5.74, 6) is 0. The third-order valence-electron chi connectivity index (χ3n) is 3.06. The van der Waals surface area contributed by atoms with Crippen LogP contribution < -0.4 is 10.2 Å². The lowest BCUT2D eigenvalue weighted by molar-refractivity contribution is 0.865. The van der Waals surface area contributed by atoms with E-state index in [1.807, 2.05) is 6.20 Å². The third kappa shape index (κ3) is 3.03. The second-order valence-corrected chi connectivity index (χ2v) is 4.18. The van der Waals surface area contributed by atoms with Gasteiger partial charge in [0.05, 0.1) is 11.9 Å². The number of hydrogen-bond acceptors (Lipinski definition) is 3. The predicted octanol–water partition coefficient (Wildman–Crippen LogP) is 2.87. The highest BCUT2D eigenvalue weighted by molar-refractivity contribution is 5.48. The first kappa shape index (κ1) is 12.5. The summed E-state index contributed by atoms with van der Waals surface area (Å²) < 4.78 is 0. The van der Waals surface area contributed by atoms with E-state index in [2.05, 4.69) is 58.5 Å². The Morgan fingerprint density at radius 2 is 1.89 bits per heavy atom. The largest absolute Gasteiger partial charge is 0.378 e. The van der Waals surface area contributed by atoms with Gasteiger partial charge in [-0.2, -0.15) is 5.10 Å². The van der Waals surface area contributed by atoms with Gasteiger partial charge in [-0.25, -0.2) is 0 Å². The van der Waals surface area contributed by atoms with Crippen LogP contribution >= 0.6 is 0 Å². The van der Waals surface area contributed by atoms with Gasteiger partial charge in [-0.3, -0.25) is 5.10 Å². The molecule has 0 aliphatic rings. The molecular weight excluding hydrogens is 224 g/mol. The average molecular weight is 244 g/mol. The van der Waals surface area contributed by atoms with Crippen molar-refractivity contribution in [2.24, 2.45) is 0 Å². The first-order valence-corrected chi connectivity index (χ1v) is 6.40. The van der Waals surface area contributed by atoms with Crippen LogP contribution in [0.5, 0.6) is 0 Å². The van der Waals surface area contributed by atoms with Crippen LogP contribution in [0.3, 0.4) is 0 Å². The van der Waals surface area contributed by atoms with Gasteiger partial charge >= 0.3 is 0 Å². The molecule has 0 unspecified atom stereocenters. The van der Waals surface area contributed by atoms with E-state index >= 15 is 0 Å². The Bertz CT molecular complexity index is 443. The molecule has 4 nitrogen and oxygen atoms in total. The molecule has 2 N–H and O–H groups in total. The highest BCUT2D eigenvalue weighted by Crippen LogP contribution is 2.15. The summed E-state index contributed by atoms with van der Waals surface area (Å²) in [4.78, 5) is 2.34. The Morgan fingerprint density at radius 1 is 1.17 bits per heavy atom. The van der Waals surface area contributed by atoms with Crippen molar-refractivity contribution in [1.29, 1.82) is 0 Å². The molecule has 4 heteroatoms. The minimum absolute atomic E-state index is 0.818. The second-order valence-electron chi connectivity index (χ2n) is 4.18. The molecule has 2 aromatic rings. The summed E-state index contributed by atoms with van der Waals surface area (Å²) in [7, 11) is 0. The predicted molar refractivity (Wildman–Crippen MR) is 75.9 cm³/mol. The molecule has 0 amide bonds. The van der Waals surface area contributed by atoms with E-state index in [9.17, 15) is 0 Å². The van der Waals surface area contributed by atoms with Crippen molar-refractivity contribution in [3.8, 4) is 0 Å². The molecule has 0 saturated heterocycles. The van der Waals surface area contributed by atoms with E-state index in [1.54, 1.807) is 6.20 Å². The van der Waals surface area contributed by atoms with Gasteiger partial charge in [0, 0.05) is 31.5 Å². The van der Waals surface area contributed by atoms with Gasteiger partial charge in [-0.1, -0.05) is 12.1 Å². The fourth-order valence-corrected chi connectivity index (χ4v) is 1.97. The van der Waals surface area contributed by atoms with Gasteiger partial charge in [-0.05, 0) is 31.5 Å². The van der Waals surface area contributed by atoms with Gasteiger partial charge < -0.3 is 10.2 Å². The van der Waals surface area contributed by atoms with E-state index in [0.29, 0.717) is 0 Å². The van der Waals surface area contributed by atoms with Gasteiger partial charge in [0.15, 0.2) is 0 Å². The van der Waals surface area contributed by atoms with Crippen molar-refractivity contribution >= 4 is 11.4 Å².